The molecule has 1 aromatic carbocycles. The van der Waals surface area contributed by atoms with Gasteiger partial charge < -0.3 is 20.5 Å². The third-order valence-corrected chi connectivity index (χ3v) is 3.72. The number of methoxy groups -OCH3 is 1. The van der Waals surface area contributed by atoms with Gasteiger partial charge in [-0.25, -0.2) is 0 Å². The topological polar surface area (TPSA) is 75.8 Å². The number of phenolic OH excluding ortho intramolecular Hbond substituents is 1. The fourth-order valence-electron chi connectivity index (χ4n) is 2.40. The average molecular weight is 264 g/mol. The molecule has 0 spiro atoms. The second-order valence-corrected chi connectivity index (χ2v) is 5.26. The number of aromatic hydroxyl groups is 1. The van der Waals surface area contributed by atoms with Crippen LogP contribution >= 0.6 is 0 Å². The number of carbonyl (C=O) groups excluding carboxylic acids is 1. The quantitative estimate of drug-likeness (QED) is 0.628. The van der Waals surface area contributed by atoms with Crippen LogP contribution in [0.15, 0.2) is 18.2 Å². The number of piperidine rings is 1. The minimum Gasteiger partial charge on any atom is -0.506 e. The summed E-state index contributed by atoms with van der Waals surface area (Å²) >= 11 is 0. The summed E-state index contributed by atoms with van der Waals surface area (Å²) in [6.45, 7) is 3.28. The number of nitrogens with zero attached hydrogens (tertiary/aromatic N) is 1. The van der Waals surface area contributed by atoms with E-state index >= 15 is 0 Å². The minimum absolute atomic E-state index is 0.0580. The third kappa shape index (κ3) is 2.81. The highest BCUT2D eigenvalue weighted by atomic mass is 16.5. The van der Waals surface area contributed by atoms with Crippen molar-refractivity contribution in [2.24, 2.45) is 0 Å². The summed E-state index contributed by atoms with van der Waals surface area (Å²) in [5, 5.41) is 9.58. The molecule has 19 heavy (non-hydrogen) atoms. The normalized spacial score (nSPS) is 23.4. The van der Waals surface area contributed by atoms with Crippen molar-refractivity contribution in [3.8, 4) is 5.75 Å². The molecule has 0 bridgehead atoms. The monoisotopic (exact) mass is 264 g/mol. The molecule has 1 aliphatic rings. The van der Waals surface area contributed by atoms with Crippen LogP contribution in [0.5, 0.6) is 5.75 Å². The van der Waals surface area contributed by atoms with Gasteiger partial charge in [0.25, 0.3) is 5.91 Å². The number of phenols is 1. The van der Waals surface area contributed by atoms with Crippen molar-refractivity contribution in [1.29, 1.82) is 0 Å². The highest BCUT2D eigenvalue weighted by Crippen LogP contribution is 2.26. The predicted octanol–water partition coefficient (Wildman–Crippen LogP) is 1.62. The Morgan fingerprint density at radius 3 is 2.89 bits per heavy atom. The van der Waals surface area contributed by atoms with Crippen LogP contribution in [-0.2, 0) is 4.74 Å². The zero-order valence-corrected chi connectivity index (χ0v) is 11.3. The largest absolute Gasteiger partial charge is 0.506 e. The van der Waals surface area contributed by atoms with Gasteiger partial charge >= 0.3 is 0 Å². The molecule has 1 saturated heterocycles. The van der Waals surface area contributed by atoms with Crippen LogP contribution < -0.4 is 5.73 Å². The van der Waals surface area contributed by atoms with Gasteiger partial charge in [0.05, 0.1) is 11.3 Å². The lowest BCUT2D eigenvalue weighted by molar-refractivity contribution is -0.0440. The molecule has 1 fully saturated rings. The maximum absolute atomic E-state index is 12.4. The fourth-order valence-corrected chi connectivity index (χ4v) is 2.40. The number of likely N-dealkylation sites (tertiary alicyclic amines) is 1. The Morgan fingerprint density at radius 2 is 2.26 bits per heavy atom. The Hall–Kier alpha value is -1.75. The summed E-state index contributed by atoms with van der Waals surface area (Å²) in [4.78, 5) is 14.1. The Balaban J connectivity index is 2.17. The zero-order valence-electron chi connectivity index (χ0n) is 11.3. The van der Waals surface area contributed by atoms with Crippen molar-refractivity contribution in [3.63, 3.8) is 0 Å². The van der Waals surface area contributed by atoms with Crippen molar-refractivity contribution < 1.29 is 14.6 Å². The third-order valence-electron chi connectivity index (χ3n) is 3.72. The van der Waals surface area contributed by atoms with Crippen molar-refractivity contribution in [2.45, 2.75) is 25.4 Å². The first kappa shape index (κ1) is 13.7. The van der Waals surface area contributed by atoms with E-state index in [1.54, 1.807) is 24.1 Å². The lowest BCUT2D eigenvalue weighted by Crippen LogP contribution is -2.49. The first-order chi connectivity index (χ1) is 8.95. The van der Waals surface area contributed by atoms with Gasteiger partial charge in [-0.1, -0.05) is 0 Å². The molecule has 2 rings (SSSR count). The number of rotatable bonds is 2. The van der Waals surface area contributed by atoms with Gasteiger partial charge in [-0.3, -0.25) is 4.79 Å². The van der Waals surface area contributed by atoms with Crippen molar-refractivity contribution in [3.05, 3.63) is 23.8 Å². The molecular weight excluding hydrogens is 244 g/mol. The first-order valence-electron chi connectivity index (χ1n) is 6.38. The number of nitrogen functional groups attached to an aromatic ring is 1. The molecule has 0 radical (unpaired) electrons. The number of carbonyl (C=O) groups is 1. The summed E-state index contributed by atoms with van der Waals surface area (Å²) in [6, 6.07) is 4.59. The van der Waals surface area contributed by atoms with Gasteiger partial charge in [0.15, 0.2) is 0 Å². The molecule has 1 unspecified atom stereocenters. The van der Waals surface area contributed by atoms with Crippen LogP contribution in [-0.4, -0.2) is 41.7 Å². The molecule has 0 saturated carbocycles. The van der Waals surface area contributed by atoms with Crippen LogP contribution in [0.1, 0.15) is 30.1 Å². The van der Waals surface area contributed by atoms with Crippen LogP contribution in [0, 0.1) is 0 Å². The summed E-state index contributed by atoms with van der Waals surface area (Å²) in [5.41, 5.74) is 5.97. The first-order valence-corrected chi connectivity index (χ1v) is 6.38. The molecule has 1 atom stereocenters. The number of nitrogens with two attached hydrogens (primary N) is 1. The van der Waals surface area contributed by atoms with Gasteiger partial charge in [0.2, 0.25) is 0 Å². The summed E-state index contributed by atoms with van der Waals surface area (Å²) < 4.78 is 5.47. The number of benzene rings is 1. The van der Waals surface area contributed by atoms with Crippen molar-refractivity contribution >= 4 is 11.6 Å². The zero-order chi connectivity index (χ0) is 14.0. The maximum Gasteiger partial charge on any atom is 0.254 e. The van der Waals surface area contributed by atoms with E-state index in [-0.39, 0.29) is 22.9 Å². The standard InChI is InChI=1S/C14H20N2O3/c1-14(19-2)6-3-7-16(9-14)13(18)10-4-5-11(15)12(17)8-10/h4-5,8,17H,3,6-7,9,15H2,1-2H3. The fraction of sp³-hybridized carbons (Fsp3) is 0.500. The summed E-state index contributed by atoms with van der Waals surface area (Å²) in [5.74, 6) is -0.157. The van der Waals surface area contributed by atoms with Gasteiger partial charge in [-0.2, -0.15) is 0 Å². The minimum atomic E-state index is -0.288. The van der Waals surface area contributed by atoms with Crippen molar-refractivity contribution in [2.75, 3.05) is 25.9 Å². The van der Waals surface area contributed by atoms with Gasteiger partial charge in [-0.15, -0.1) is 0 Å². The van der Waals surface area contributed by atoms with Crippen LogP contribution in [0.2, 0.25) is 0 Å². The number of anilines is 1. The average Bonchev–Trinajstić information content (AvgIpc) is 2.41. The lowest BCUT2D eigenvalue weighted by atomic mass is 9.94. The second kappa shape index (κ2) is 5.09. The van der Waals surface area contributed by atoms with Gasteiger partial charge in [0, 0.05) is 25.8 Å². The van der Waals surface area contributed by atoms with E-state index in [0.29, 0.717) is 18.7 Å². The van der Waals surface area contributed by atoms with E-state index in [2.05, 4.69) is 0 Å². The molecule has 1 aliphatic heterocycles. The molecule has 1 aromatic rings. The van der Waals surface area contributed by atoms with E-state index in [9.17, 15) is 9.90 Å². The molecule has 3 N–H and O–H groups in total. The Morgan fingerprint density at radius 1 is 1.53 bits per heavy atom. The Kier molecular flexibility index (Phi) is 3.66. The van der Waals surface area contributed by atoms with E-state index in [4.69, 9.17) is 10.5 Å². The molecule has 0 aromatic heterocycles. The SMILES string of the molecule is COC1(C)CCCN(C(=O)c2ccc(N)c(O)c2)C1. The van der Waals surface area contributed by atoms with E-state index < -0.39 is 0 Å². The van der Waals surface area contributed by atoms with Crippen LogP contribution in [0.3, 0.4) is 0 Å². The highest BCUT2D eigenvalue weighted by Gasteiger charge is 2.33. The number of hydrogen-bond acceptors (Lipinski definition) is 4. The Labute approximate surface area is 113 Å². The highest BCUT2D eigenvalue weighted by molar-refractivity contribution is 5.95. The number of amides is 1. The second-order valence-electron chi connectivity index (χ2n) is 5.26. The van der Waals surface area contributed by atoms with E-state index in [1.165, 1.54) is 6.07 Å². The lowest BCUT2D eigenvalue weighted by Gasteiger charge is -2.39. The summed E-state index contributed by atoms with van der Waals surface area (Å²) in [7, 11) is 1.67. The van der Waals surface area contributed by atoms with E-state index in [1.807, 2.05) is 6.92 Å². The Bertz CT molecular complexity index is 490. The predicted molar refractivity (Wildman–Crippen MR) is 73.1 cm³/mol. The van der Waals surface area contributed by atoms with Crippen LogP contribution in [0.4, 0.5) is 5.69 Å². The van der Waals surface area contributed by atoms with E-state index in [0.717, 1.165) is 12.8 Å². The van der Waals surface area contributed by atoms with Gasteiger partial charge in [-0.05, 0) is 38.0 Å². The molecular formula is C14H20N2O3. The molecule has 0 aliphatic carbocycles. The molecule has 1 heterocycles. The van der Waals surface area contributed by atoms with Gasteiger partial charge in [0.1, 0.15) is 5.75 Å². The smallest absolute Gasteiger partial charge is 0.254 e. The van der Waals surface area contributed by atoms with Crippen molar-refractivity contribution in [1.82, 2.24) is 4.90 Å². The summed E-state index contributed by atoms with van der Waals surface area (Å²) in [6.07, 6.45) is 1.86. The number of ether oxygens (including phenoxy) is 1. The van der Waals surface area contributed by atoms with Crippen LogP contribution in [0.25, 0.3) is 0 Å². The maximum atomic E-state index is 12.4. The molecule has 5 nitrogen and oxygen atoms in total. The molecule has 1 amide bonds. The molecule has 104 valence electrons. The molecule has 5 heteroatoms. The number of hydrogen-bond donors (Lipinski definition) is 2.